The quantitative estimate of drug-likeness (QED) is 0.757. The molecule has 0 fully saturated rings. The van der Waals surface area contributed by atoms with Gasteiger partial charge in [-0.05, 0) is 12.5 Å². The summed E-state index contributed by atoms with van der Waals surface area (Å²) in [4.78, 5) is 8.67. The van der Waals surface area contributed by atoms with Crippen LogP contribution in [0.4, 0.5) is 5.82 Å². The predicted molar refractivity (Wildman–Crippen MR) is 83.4 cm³/mol. The van der Waals surface area contributed by atoms with E-state index in [1.54, 1.807) is 12.3 Å². The van der Waals surface area contributed by atoms with Gasteiger partial charge in [-0.3, -0.25) is 0 Å². The molecule has 0 radical (unpaired) electrons. The van der Waals surface area contributed by atoms with Crippen molar-refractivity contribution in [2.45, 2.75) is 6.42 Å². The van der Waals surface area contributed by atoms with Gasteiger partial charge in [-0.2, -0.15) is 0 Å². The van der Waals surface area contributed by atoms with Gasteiger partial charge in [0.25, 0.3) is 0 Å². The molecule has 0 spiro atoms. The van der Waals surface area contributed by atoms with Crippen LogP contribution in [0.3, 0.4) is 0 Å². The largest absolute Gasteiger partial charge is 0.370 e. The predicted octanol–water partition coefficient (Wildman–Crippen LogP) is 1.49. The average Bonchev–Trinajstić information content (AvgIpc) is 2.47. The van der Waals surface area contributed by atoms with Gasteiger partial charge in [0.05, 0.1) is 6.26 Å². The van der Waals surface area contributed by atoms with Crippen molar-refractivity contribution in [2.24, 2.45) is 0 Å². The Bertz CT molecular complexity index is 674. The number of hydrogen-bond acceptors (Lipinski definition) is 5. The number of rotatable bonds is 7. The van der Waals surface area contributed by atoms with E-state index < -0.39 is 10.0 Å². The van der Waals surface area contributed by atoms with Gasteiger partial charge < -0.3 is 5.32 Å². The molecule has 0 atom stereocenters. The van der Waals surface area contributed by atoms with Crippen molar-refractivity contribution in [1.29, 1.82) is 0 Å². The smallest absolute Gasteiger partial charge is 0.208 e. The summed E-state index contributed by atoms with van der Waals surface area (Å²) in [5.41, 5.74) is 0.958. The molecule has 0 aliphatic carbocycles. The molecule has 0 bridgehead atoms. The topological polar surface area (TPSA) is 84.0 Å². The first-order valence-electron chi connectivity index (χ1n) is 6.61. The lowest BCUT2D eigenvalue weighted by Crippen LogP contribution is -2.24. The van der Waals surface area contributed by atoms with E-state index in [9.17, 15) is 8.42 Å². The van der Waals surface area contributed by atoms with E-state index >= 15 is 0 Å². The number of hydrogen-bond donors (Lipinski definition) is 2. The Kier molecular flexibility index (Phi) is 5.24. The Labute approximate surface area is 124 Å². The maximum atomic E-state index is 10.9. The highest BCUT2D eigenvalue weighted by atomic mass is 32.2. The van der Waals surface area contributed by atoms with Gasteiger partial charge in [-0.25, -0.2) is 23.1 Å². The second-order valence-electron chi connectivity index (χ2n) is 4.58. The number of nitrogens with one attached hydrogen (secondary N) is 2. The number of benzene rings is 1. The van der Waals surface area contributed by atoms with Gasteiger partial charge in [-0.15, -0.1) is 0 Å². The molecule has 0 amide bonds. The molecule has 7 heteroatoms. The molecule has 0 unspecified atom stereocenters. The van der Waals surface area contributed by atoms with E-state index in [0.717, 1.165) is 17.6 Å². The van der Waals surface area contributed by atoms with Crippen molar-refractivity contribution < 1.29 is 8.42 Å². The fourth-order valence-electron chi connectivity index (χ4n) is 1.75. The molecule has 6 nitrogen and oxygen atoms in total. The van der Waals surface area contributed by atoms with Crippen LogP contribution >= 0.6 is 0 Å². The highest BCUT2D eigenvalue weighted by Crippen LogP contribution is 2.15. The highest BCUT2D eigenvalue weighted by molar-refractivity contribution is 7.88. The fourth-order valence-corrected chi connectivity index (χ4v) is 2.26. The van der Waals surface area contributed by atoms with Crippen LogP contribution in [0.15, 0.2) is 42.6 Å². The molecular formula is C14H18N4O2S. The molecule has 0 aliphatic heterocycles. The second kappa shape index (κ2) is 7.14. The molecular weight excluding hydrogens is 288 g/mol. The average molecular weight is 306 g/mol. The van der Waals surface area contributed by atoms with Crippen LogP contribution in [0.2, 0.25) is 0 Å². The third kappa shape index (κ3) is 5.49. The van der Waals surface area contributed by atoms with Gasteiger partial charge in [0, 0.05) is 24.8 Å². The molecule has 1 heterocycles. The van der Waals surface area contributed by atoms with E-state index in [1.165, 1.54) is 0 Å². The standard InChI is InChI=1S/C14H18N4O2S/c1-21(19,20)17-10-5-9-15-13-8-11-16-14(18-13)12-6-3-2-4-7-12/h2-4,6-8,11,17H,5,9-10H2,1H3,(H,15,16,18). The fraction of sp³-hybridized carbons (Fsp3) is 0.286. The maximum Gasteiger partial charge on any atom is 0.208 e. The summed E-state index contributed by atoms with van der Waals surface area (Å²) in [6.45, 7) is 1.04. The molecule has 0 aliphatic rings. The highest BCUT2D eigenvalue weighted by Gasteiger charge is 2.02. The Morgan fingerprint density at radius 3 is 2.57 bits per heavy atom. The Morgan fingerprint density at radius 1 is 1.10 bits per heavy atom. The second-order valence-corrected chi connectivity index (χ2v) is 6.41. The molecule has 0 saturated heterocycles. The Balaban J connectivity index is 1.87. The Hall–Kier alpha value is -1.99. The van der Waals surface area contributed by atoms with Crippen molar-refractivity contribution >= 4 is 15.8 Å². The van der Waals surface area contributed by atoms with Crippen molar-refractivity contribution in [2.75, 3.05) is 24.7 Å². The third-order valence-corrected chi connectivity index (χ3v) is 3.44. The van der Waals surface area contributed by atoms with E-state index in [-0.39, 0.29) is 0 Å². The normalized spacial score (nSPS) is 11.3. The molecule has 2 aromatic rings. The van der Waals surface area contributed by atoms with Crippen LogP contribution in [0, 0.1) is 0 Å². The molecule has 2 rings (SSSR count). The minimum atomic E-state index is -3.12. The first kappa shape index (κ1) is 15.4. The van der Waals surface area contributed by atoms with Crippen LogP contribution in [0.1, 0.15) is 6.42 Å². The molecule has 21 heavy (non-hydrogen) atoms. The molecule has 2 N–H and O–H groups in total. The van der Waals surface area contributed by atoms with E-state index in [4.69, 9.17) is 0 Å². The molecule has 0 saturated carbocycles. The zero-order valence-corrected chi connectivity index (χ0v) is 12.6. The summed E-state index contributed by atoms with van der Waals surface area (Å²) in [5, 5.41) is 3.16. The van der Waals surface area contributed by atoms with Crippen LogP contribution in [-0.4, -0.2) is 37.7 Å². The van der Waals surface area contributed by atoms with Crippen molar-refractivity contribution in [3.63, 3.8) is 0 Å². The summed E-state index contributed by atoms with van der Waals surface area (Å²) in [6, 6.07) is 11.5. The van der Waals surface area contributed by atoms with Crippen LogP contribution in [0.5, 0.6) is 0 Å². The minimum Gasteiger partial charge on any atom is -0.370 e. The Morgan fingerprint density at radius 2 is 1.86 bits per heavy atom. The first-order chi connectivity index (χ1) is 10.0. The van der Waals surface area contributed by atoms with Gasteiger partial charge in [0.1, 0.15) is 5.82 Å². The number of aromatic nitrogens is 2. The molecule has 1 aromatic heterocycles. The number of anilines is 1. The zero-order chi connectivity index (χ0) is 15.1. The van der Waals surface area contributed by atoms with Gasteiger partial charge in [0.2, 0.25) is 10.0 Å². The van der Waals surface area contributed by atoms with Crippen molar-refractivity contribution in [3.05, 3.63) is 42.6 Å². The molecule has 112 valence electrons. The summed E-state index contributed by atoms with van der Waals surface area (Å²) in [7, 11) is -3.12. The third-order valence-electron chi connectivity index (χ3n) is 2.71. The van der Waals surface area contributed by atoms with Crippen LogP contribution in [0.25, 0.3) is 11.4 Å². The lowest BCUT2D eigenvalue weighted by Gasteiger charge is -2.07. The maximum absolute atomic E-state index is 10.9. The first-order valence-corrected chi connectivity index (χ1v) is 8.51. The minimum absolute atomic E-state index is 0.405. The SMILES string of the molecule is CS(=O)(=O)NCCCNc1ccnc(-c2ccccc2)n1. The summed E-state index contributed by atoms with van der Waals surface area (Å²) in [5.74, 6) is 1.39. The lowest BCUT2D eigenvalue weighted by molar-refractivity contribution is 0.586. The molecule has 1 aromatic carbocycles. The summed E-state index contributed by atoms with van der Waals surface area (Å²) < 4.78 is 24.3. The van der Waals surface area contributed by atoms with E-state index in [1.807, 2.05) is 30.3 Å². The summed E-state index contributed by atoms with van der Waals surface area (Å²) in [6.07, 6.45) is 3.53. The van der Waals surface area contributed by atoms with E-state index in [2.05, 4.69) is 20.0 Å². The van der Waals surface area contributed by atoms with Crippen LogP contribution < -0.4 is 10.0 Å². The zero-order valence-electron chi connectivity index (χ0n) is 11.8. The number of sulfonamides is 1. The monoisotopic (exact) mass is 306 g/mol. The van der Waals surface area contributed by atoms with Gasteiger partial charge in [0.15, 0.2) is 5.82 Å². The van der Waals surface area contributed by atoms with Gasteiger partial charge >= 0.3 is 0 Å². The van der Waals surface area contributed by atoms with E-state index in [0.29, 0.717) is 25.3 Å². The van der Waals surface area contributed by atoms with Crippen molar-refractivity contribution in [1.82, 2.24) is 14.7 Å². The summed E-state index contributed by atoms with van der Waals surface area (Å²) >= 11 is 0. The number of nitrogens with zero attached hydrogens (tertiary/aromatic N) is 2. The van der Waals surface area contributed by atoms with Gasteiger partial charge in [-0.1, -0.05) is 30.3 Å². The lowest BCUT2D eigenvalue weighted by atomic mass is 10.2. The van der Waals surface area contributed by atoms with Crippen molar-refractivity contribution in [3.8, 4) is 11.4 Å². The van der Waals surface area contributed by atoms with Crippen LogP contribution in [-0.2, 0) is 10.0 Å².